The second-order valence-electron chi connectivity index (χ2n) is 6.06. The Morgan fingerprint density at radius 3 is 1.93 bits per heavy atom. The van der Waals surface area contributed by atoms with E-state index in [4.69, 9.17) is 0 Å². The Balaban J connectivity index is 2.82. The molecule has 0 atom stereocenters. The maximum absolute atomic E-state index is 4.47. The highest BCUT2D eigenvalue weighted by Crippen LogP contribution is 2.21. The summed E-state index contributed by atoms with van der Waals surface area (Å²) < 4.78 is 0. The van der Waals surface area contributed by atoms with Gasteiger partial charge in [0.05, 0.1) is 11.9 Å². The maximum Gasteiger partial charge on any atom is 0.0530 e. The maximum atomic E-state index is 4.47. The van der Waals surface area contributed by atoms with E-state index in [1.165, 1.54) is 0 Å². The van der Waals surface area contributed by atoms with Crippen molar-refractivity contribution in [2.45, 2.75) is 52.5 Å². The van der Waals surface area contributed by atoms with Crippen LogP contribution in [0, 0.1) is 0 Å². The van der Waals surface area contributed by atoms with Gasteiger partial charge in [0.2, 0.25) is 0 Å². The summed E-state index contributed by atoms with van der Waals surface area (Å²) in [5, 5.41) is 3.40. The second-order valence-corrected chi connectivity index (χ2v) is 6.06. The molecule has 84 valence electrons. The molecular formula is C13H22N2. The molecule has 0 spiro atoms. The standard InChI is InChI=1S/C13H22N2/c1-12(2,3)11-8-7-10(9-14-11)15-13(4,5)6/h7-9,15H,1-6H3. The van der Waals surface area contributed by atoms with E-state index in [2.05, 4.69) is 64.0 Å². The lowest BCUT2D eigenvalue weighted by Gasteiger charge is -2.23. The summed E-state index contributed by atoms with van der Waals surface area (Å²) in [6, 6.07) is 4.19. The van der Waals surface area contributed by atoms with Crippen LogP contribution in [0.4, 0.5) is 5.69 Å². The van der Waals surface area contributed by atoms with Gasteiger partial charge in [-0.05, 0) is 32.9 Å². The first-order valence-electron chi connectivity index (χ1n) is 5.43. The van der Waals surface area contributed by atoms with Crippen LogP contribution >= 0.6 is 0 Å². The Bertz CT molecular complexity index is 312. The van der Waals surface area contributed by atoms with Crippen molar-refractivity contribution in [2.75, 3.05) is 5.32 Å². The van der Waals surface area contributed by atoms with Crippen LogP contribution in [0.1, 0.15) is 47.2 Å². The number of nitrogens with one attached hydrogen (secondary N) is 1. The molecule has 0 saturated heterocycles. The average Bonchev–Trinajstić information content (AvgIpc) is 2.00. The van der Waals surface area contributed by atoms with E-state index in [0.29, 0.717) is 0 Å². The topological polar surface area (TPSA) is 24.9 Å². The van der Waals surface area contributed by atoms with Gasteiger partial charge in [-0.3, -0.25) is 4.98 Å². The van der Waals surface area contributed by atoms with Gasteiger partial charge >= 0.3 is 0 Å². The molecule has 1 aromatic rings. The van der Waals surface area contributed by atoms with Crippen LogP contribution in [-0.4, -0.2) is 10.5 Å². The highest BCUT2D eigenvalue weighted by atomic mass is 15.0. The average molecular weight is 206 g/mol. The number of nitrogens with zero attached hydrogens (tertiary/aromatic N) is 1. The fourth-order valence-electron chi connectivity index (χ4n) is 1.34. The molecule has 0 fully saturated rings. The lowest BCUT2D eigenvalue weighted by atomic mass is 9.92. The zero-order valence-corrected chi connectivity index (χ0v) is 10.7. The number of pyridine rings is 1. The van der Waals surface area contributed by atoms with Crippen molar-refractivity contribution in [2.24, 2.45) is 0 Å². The van der Waals surface area contributed by atoms with E-state index in [1.807, 2.05) is 6.20 Å². The molecule has 0 aliphatic carbocycles. The molecule has 1 aromatic heterocycles. The molecule has 0 aromatic carbocycles. The lowest BCUT2D eigenvalue weighted by Crippen LogP contribution is -2.26. The predicted octanol–water partition coefficient (Wildman–Crippen LogP) is 3.59. The summed E-state index contributed by atoms with van der Waals surface area (Å²) in [5.74, 6) is 0. The van der Waals surface area contributed by atoms with Crippen molar-refractivity contribution in [3.05, 3.63) is 24.0 Å². The minimum absolute atomic E-state index is 0.0882. The third-order valence-corrected chi connectivity index (χ3v) is 2.05. The molecule has 0 aliphatic rings. The van der Waals surface area contributed by atoms with Gasteiger partial charge in [-0.25, -0.2) is 0 Å². The van der Waals surface area contributed by atoms with Gasteiger partial charge in [0.25, 0.3) is 0 Å². The second kappa shape index (κ2) is 3.84. The fraction of sp³-hybridized carbons (Fsp3) is 0.615. The molecular weight excluding hydrogens is 184 g/mol. The summed E-state index contributed by atoms with van der Waals surface area (Å²) in [6.07, 6.45) is 1.91. The normalized spacial score (nSPS) is 12.7. The number of hydrogen-bond donors (Lipinski definition) is 1. The lowest BCUT2D eigenvalue weighted by molar-refractivity contribution is 0.568. The summed E-state index contributed by atoms with van der Waals surface area (Å²) >= 11 is 0. The van der Waals surface area contributed by atoms with Gasteiger partial charge in [-0.15, -0.1) is 0 Å². The van der Waals surface area contributed by atoms with Gasteiger partial charge in [0.15, 0.2) is 0 Å². The van der Waals surface area contributed by atoms with Gasteiger partial charge in [-0.1, -0.05) is 20.8 Å². The van der Waals surface area contributed by atoms with E-state index in [0.717, 1.165) is 11.4 Å². The monoisotopic (exact) mass is 206 g/mol. The molecule has 2 heteroatoms. The molecule has 1 rings (SSSR count). The van der Waals surface area contributed by atoms with E-state index in [-0.39, 0.29) is 11.0 Å². The van der Waals surface area contributed by atoms with E-state index >= 15 is 0 Å². The number of hydrogen-bond acceptors (Lipinski definition) is 2. The highest BCUT2D eigenvalue weighted by Gasteiger charge is 2.15. The first kappa shape index (κ1) is 12.0. The molecule has 0 bridgehead atoms. The Hall–Kier alpha value is -1.05. The Kier molecular flexibility index (Phi) is 3.08. The van der Waals surface area contributed by atoms with Crippen molar-refractivity contribution in [1.29, 1.82) is 0 Å². The molecule has 0 radical (unpaired) electrons. The van der Waals surface area contributed by atoms with Crippen molar-refractivity contribution >= 4 is 5.69 Å². The van der Waals surface area contributed by atoms with Crippen molar-refractivity contribution in [1.82, 2.24) is 4.98 Å². The number of aromatic nitrogens is 1. The van der Waals surface area contributed by atoms with E-state index in [1.54, 1.807) is 0 Å². The smallest absolute Gasteiger partial charge is 0.0530 e. The third kappa shape index (κ3) is 3.90. The Morgan fingerprint density at radius 1 is 1.00 bits per heavy atom. The van der Waals surface area contributed by atoms with Crippen LogP contribution in [-0.2, 0) is 5.41 Å². The molecule has 0 aliphatic heterocycles. The molecule has 2 nitrogen and oxygen atoms in total. The Labute approximate surface area is 93.1 Å². The molecule has 0 saturated carbocycles. The summed E-state index contributed by atoms with van der Waals surface area (Å²) in [4.78, 5) is 4.47. The van der Waals surface area contributed by atoms with Crippen LogP contribution < -0.4 is 5.32 Å². The zero-order valence-electron chi connectivity index (χ0n) is 10.7. The molecule has 1 heterocycles. The minimum atomic E-state index is 0.0882. The van der Waals surface area contributed by atoms with Crippen LogP contribution in [0.15, 0.2) is 18.3 Å². The van der Waals surface area contributed by atoms with Crippen LogP contribution in [0.2, 0.25) is 0 Å². The van der Waals surface area contributed by atoms with Crippen LogP contribution in [0.5, 0.6) is 0 Å². The predicted molar refractivity (Wildman–Crippen MR) is 66.3 cm³/mol. The van der Waals surface area contributed by atoms with Crippen LogP contribution in [0.25, 0.3) is 0 Å². The SMILES string of the molecule is CC(C)(C)Nc1ccc(C(C)(C)C)nc1. The Morgan fingerprint density at radius 2 is 1.60 bits per heavy atom. The molecule has 15 heavy (non-hydrogen) atoms. The third-order valence-electron chi connectivity index (χ3n) is 2.05. The van der Waals surface area contributed by atoms with Crippen molar-refractivity contribution < 1.29 is 0 Å². The first-order valence-corrected chi connectivity index (χ1v) is 5.43. The minimum Gasteiger partial charge on any atom is -0.379 e. The largest absolute Gasteiger partial charge is 0.379 e. The quantitative estimate of drug-likeness (QED) is 0.759. The number of anilines is 1. The molecule has 0 unspecified atom stereocenters. The van der Waals surface area contributed by atoms with Gasteiger partial charge in [0, 0.05) is 16.6 Å². The summed E-state index contributed by atoms with van der Waals surface area (Å²) in [7, 11) is 0. The first-order chi connectivity index (χ1) is 6.68. The van der Waals surface area contributed by atoms with E-state index in [9.17, 15) is 0 Å². The van der Waals surface area contributed by atoms with E-state index < -0.39 is 0 Å². The van der Waals surface area contributed by atoms with Gasteiger partial charge in [-0.2, -0.15) is 0 Å². The van der Waals surface area contributed by atoms with Crippen molar-refractivity contribution in [3.63, 3.8) is 0 Å². The summed E-state index contributed by atoms with van der Waals surface area (Å²) in [6.45, 7) is 12.9. The number of rotatable bonds is 1. The van der Waals surface area contributed by atoms with Gasteiger partial charge < -0.3 is 5.32 Å². The fourth-order valence-corrected chi connectivity index (χ4v) is 1.34. The summed E-state index contributed by atoms with van der Waals surface area (Å²) in [5.41, 5.74) is 2.42. The molecule has 1 N–H and O–H groups in total. The van der Waals surface area contributed by atoms with Gasteiger partial charge in [0.1, 0.15) is 0 Å². The molecule has 0 amide bonds. The zero-order chi connectivity index (χ0) is 11.7. The van der Waals surface area contributed by atoms with Crippen LogP contribution in [0.3, 0.4) is 0 Å². The highest BCUT2D eigenvalue weighted by molar-refractivity contribution is 5.43. The van der Waals surface area contributed by atoms with Crippen molar-refractivity contribution in [3.8, 4) is 0 Å².